The molecule has 25 heavy (non-hydrogen) atoms. The van der Waals surface area contributed by atoms with Gasteiger partial charge in [0.1, 0.15) is 23.4 Å². The van der Waals surface area contributed by atoms with Gasteiger partial charge in [-0.05, 0) is 37.1 Å². The van der Waals surface area contributed by atoms with Gasteiger partial charge in [-0.3, -0.25) is 9.78 Å². The molecule has 6 nitrogen and oxygen atoms in total. The minimum atomic E-state index is -0.0363. The molecular weight excluding hydrogens is 320 g/mol. The van der Waals surface area contributed by atoms with E-state index in [0.717, 1.165) is 25.1 Å². The van der Waals surface area contributed by atoms with Crippen molar-refractivity contribution >= 4 is 5.91 Å². The highest BCUT2D eigenvalue weighted by Crippen LogP contribution is 2.20. The quantitative estimate of drug-likeness (QED) is 0.807. The van der Waals surface area contributed by atoms with Gasteiger partial charge in [0.25, 0.3) is 5.91 Å². The summed E-state index contributed by atoms with van der Waals surface area (Å²) in [7, 11) is 1.60. The third kappa shape index (κ3) is 4.86. The normalized spacial score (nSPS) is 17.0. The molecular formula is C19H22N2O4. The first kappa shape index (κ1) is 17.1. The Hall–Kier alpha value is -2.76. The van der Waals surface area contributed by atoms with Crippen molar-refractivity contribution in [1.82, 2.24) is 9.88 Å². The van der Waals surface area contributed by atoms with Gasteiger partial charge in [-0.15, -0.1) is 0 Å². The minimum Gasteiger partial charge on any atom is -0.497 e. The number of likely N-dealkylation sites (tertiary alicyclic amines) is 1. The highest BCUT2D eigenvalue weighted by atomic mass is 16.5. The van der Waals surface area contributed by atoms with E-state index in [9.17, 15) is 4.79 Å². The zero-order valence-corrected chi connectivity index (χ0v) is 14.3. The van der Waals surface area contributed by atoms with Crippen LogP contribution in [0.25, 0.3) is 0 Å². The Bertz CT molecular complexity index is 693. The fourth-order valence-electron chi connectivity index (χ4n) is 2.80. The molecule has 0 bridgehead atoms. The largest absolute Gasteiger partial charge is 0.497 e. The van der Waals surface area contributed by atoms with E-state index in [1.54, 1.807) is 36.5 Å². The van der Waals surface area contributed by atoms with Gasteiger partial charge in [-0.2, -0.15) is 0 Å². The topological polar surface area (TPSA) is 60.9 Å². The number of rotatable bonds is 6. The van der Waals surface area contributed by atoms with Crippen molar-refractivity contribution in [3.8, 4) is 17.2 Å². The number of hydrogen-bond acceptors (Lipinski definition) is 5. The van der Waals surface area contributed by atoms with E-state index < -0.39 is 0 Å². The molecule has 2 aromatic rings. The number of pyridine rings is 1. The third-order valence-electron chi connectivity index (χ3n) is 4.09. The lowest BCUT2D eigenvalue weighted by Gasteiger charge is -2.32. The van der Waals surface area contributed by atoms with Crippen LogP contribution in [0.15, 0.2) is 48.8 Å². The predicted octanol–water partition coefficient (Wildman–Crippen LogP) is 2.54. The minimum absolute atomic E-state index is 0.00285. The van der Waals surface area contributed by atoms with Crippen LogP contribution in [-0.2, 0) is 4.79 Å². The van der Waals surface area contributed by atoms with E-state index in [2.05, 4.69) is 4.98 Å². The Morgan fingerprint density at radius 2 is 2.00 bits per heavy atom. The Kier molecular flexibility index (Phi) is 5.72. The van der Waals surface area contributed by atoms with Crippen molar-refractivity contribution in [3.05, 3.63) is 48.8 Å². The number of methoxy groups -OCH3 is 1. The summed E-state index contributed by atoms with van der Waals surface area (Å²) >= 11 is 0. The molecule has 0 spiro atoms. The van der Waals surface area contributed by atoms with Crippen molar-refractivity contribution in [2.24, 2.45) is 0 Å². The number of piperidine rings is 1. The summed E-state index contributed by atoms with van der Waals surface area (Å²) in [6, 6.07) is 10.9. The first-order valence-corrected chi connectivity index (χ1v) is 8.36. The summed E-state index contributed by atoms with van der Waals surface area (Å²) in [6.45, 7) is 1.31. The van der Waals surface area contributed by atoms with Crippen LogP contribution in [0.4, 0.5) is 0 Å². The van der Waals surface area contributed by atoms with Crippen molar-refractivity contribution in [3.63, 3.8) is 0 Å². The molecule has 1 aliphatic rings. The van der Waals surface area contributed by atoms with E-state index in [1.165, 1.54) is 0 Å². The number of benzene rings is 1. The molecule has 2 heterocycles. The SMILES string of the molecule is COc1cccc(OCC(=O)N2CCCC(Oc3ccncc3)C2)c1. The molecule has 1 saturated heterocycles. The van der Waals surface area contributed by atoms with Crippen LogP contribution >= 0.6 is 0 Å². The van der Waals surface area contributed by atoms with Crippen LogP contribution < -0.4 is 14.2 Å². The molecule has 1 aliphatic heterocycles. The van der Waals surface area contributed by atoms with Gasteiger partial charge >= 0.3 is 0 Å². The maximum atomic E-state index is 12.4. The van der Waals surface area contributed by atoms with Gasteiger partial charge in [-0.25, -0.2) is 0 Å². The van der Waals surface area contributed by atoms with Gasteiger partial charge < -0.3 is 19.1 Å². The van der Waals surface area contributed by atoms with Gasteiger partial charge in [-0.1, -0.05) is 6.07 Å². The monoisotopic (exact) mass is 342 g/mol. The molecule has 1 aromatic heterocycles. The summed E-state index contributed by atoms with van der Waals surface area (Å²) in [4.78, 5) is 18.2. The fraction of sp³-hybridized carbons (Fsp3) is 0.368. The van der Waals surface area contributed by atoms with Crippen molar-refractivity contribution in [2.45, 2.75) is 18.9 Å². The molecule has 1 atom stereocenters. The number of carbonyl (C=O) groups is 1. The van der Waals surface area contributed by atoms with E-state index >= 15 is 0 Å². The second kappa shape index (κ2) is 8.37. The second-order valence-electron chi connectivity index (χ2n) is 5.87. The molecule has 6 heteroatoms. The highest BCUT2D eigenvalue weighted by molar-refractivity contribution is 5.78. The average Bonchev–Trinajstić information content (AvgIpc) is 2.67. The number of ether oxygens (including phenoxy) is 3. The fourth-order valence-corrected chi connectivity index (χ4v) is 2.80. The predicted molar refractivity (Wildman–Crippen MR) is 93.0 cm³/mol. The Morgan fingerprint density at radius 1 is 1.20 bits per heavy atom. The lowest BCUT2D eigenvalue weighted by molar-refractivity contribution is -0.136. The summed E-state index contributed by atoms with van der Waals surface area (Å²) in [5.74, 6) is 2.07. The van der Waals surface area contributed by atoms with E-state index in [4.69, 9.17) is 14.2 Å². The summed E-state index contributed by atoms with van der Waals surface area (Å²) in [5.41, 5.74) is 0. The number of nitrogens with zero attached hydrogens (tertiary/aromatic N) is 2. The number of carbonyl (C=O) groups excluding carboxylic acids is 1. The van der Waals surface area contributed by atoms with Crippen LogP contribution in [0.1, 0.15) is 12.8 Å². The van der Waals surface area contributed by atoms with E-state index in [-0.39, 0.29) is 18.6 Å². The molecule has 1 unspecified atom stereocenters. The third-order valence-corrected chi connectivity index (χ3v) is 4.09. The number of amides is 1. The average molecular weight is 342 g/mol. The highest BCUT2D eigenvalue weighted by Gasteiger charge is 2.25. The first-order chi connectivity index (χ1) is 12.2. The van der Waals surface area contributed by atoms with Crippen LogP contribution in [0.3, 0.4) is 0 Å². The maximum absolute atomic E-state index is 12.4. The molecule has 1 aromatic carbocycles. The Labute approximate surface area is 147 Å². The molecule has 0 radical (unpaired) electrons. The smallest absolute Gasteiger partial charge is 0.260 e. The maximum Gasteiger partial charge on any atom is 0.260 e. The zero-order valence-electron chi connectivity index (χ0n) is 14.3. The van der Waals surface area contributed by atoms with Crippen LogP contribution in [0.2, 0.25) is 0 Å². The van der Waals surface area contributed by atoms with Crippen molar-refractivity contribution < 1.29 is 19.0 Å². The lowest BCUT2D eigenvalue weighted by atomic mass is 10.1. The van der Waals surface area contributed by atoms with Gasteiger partial charge in [0.05, 0.1) is 13.7 Å². The summed E-state index contributed by atoms with van der Waals surface area (Å²) in [6.07, 6.45) is 5.24. The molecule has 1 fully saturated rings. The van der Waals surface area contributed by atoms with Gasteiger partial charge in [0, 0.05) is 25.0 Å². The van der Waals surface area contributed by atoms with Crippen LogP contribution in [0.5, 0.6) is 17.2 Å². The molecule has 3 rings (SSSR count). The molecule has 0 saturated carbocycles. The van der Waals surface area contributed by atoms with Crippen molar-refractivity contribution in [2.75, 3.05) is 26.8 Å². The van der Waals surface area contributed by atoms with Crippen LogP contribution in [0, 0.1) is 0 Å². The molecule has 0 aliphatic carbocycles. The zero-order chi connectivity index (χ0) is 17.5. The van der Waals surface area contributed by atoms with Crippen molar-refractivity contribution in [1.29, 1.82) is 0 Å². The van der Waals surface area contributed by atoms with E-state index in [0.29, 0.717) is 18.0 Å². The van der Waals surface area contributed by atoms with Crippen LogP contribution in [-0.4, -0.2) is 48.7 Å². The number of aromatic nitrogens is 1. The summed E-state index contributed by atoms with van der Waals surface area (Å²) < 4.78 is 16.7. The lowest BCUT2D eigenvalue weighted by Crippen LogP contribution is -2.46. The van der Waals surface area contributed by atoms with Gasteiger partial charge in [0.15, 0.2) is 6.61 Å². The molecule has 1 amide bonds. The standard InChI is InChI=1S/C19H22N2O4/c1-23-16-4-2-5-17(12-16)24-14-19(22)21-11-3-6-18(13-21)25-15-7-9-20-10-8-15/h2,4-5,7-10,12,18H,3,6,11,13-14H2,1H3. The van der Waals surface area contributed by atoms with E-state index in [1.807, 2.05) is 24.3 Å². The second-order valence-corrected chi connectivity index (χ2v) is 5.87. The molecule has 132 valence electrons. The Balaban J connectivity index is 1.51. The Morgan fingerprint density at radius 3 is 2.80 bits per heavy atom. The van der Waals surface area contributed by atoms with Gasteiger partial charge in [0.2, 0.25) is 0 Å². The summed E-state index contributed by atoms with van der Waals surface area (Å²) in [5, 5.41) is 0. The molecule has 0 N–H and O–H groups in total. The first-order valence-electron chi connectivity index (χ1n) is 8.36. The number of hydrogen-bond donors (Lipinski definition) is 0.